The Balaban J connectivity index is 1.15. The van der Waals surface area contributed by atoms with Crippen LogP contribution in [0.1, 0.15) is 55.3 Å². The maximum atomic E-state index is 13.4. The van der Waals surface area contributed by atoms with E-state index >= 15 is 0 Å². The summed E-state index contributed by atoms with van der Waals surface area (Å²) in [6, 6.07) is 17.8. The third kappa shape index (κ3) is 5.76. The molecule has 0 radical (unpaired) electrons. The van der Waals surface area contributed by atoms with Gasteiger partial charge in [0, 0.05) is 35.6 Å². The van der Waals surface area contributed by atoms with E-state index in [4.69, 9.17) is 0 Å². The van der Waals surface area contributed by atoms with Crippen molar-refractivity contribution in [2.75, 3.05) is 31.1 Å². The SMILES string of the molecule is O=C(CN(C(=O)c1ccc2cc[nH]c2c1)c1ccccc1)NCCC1CCN(C2CCCC2)CC1. The first-order chi connectivity index (χ1) is 17.2. The van der Waals surface area contributed by atoms with Gasteiger partial charge in [-0.15, -0.1) is 0 Å². The molecule has 2 heterocycles. The number of nitrogens with zero attached hydrogens (tertiary/aromatic N) is 2. The molecule has 1 saturated carbocycles. The average molecular weight is 473 g/mol. The number of likely N-dealkylation sites (tertiary alicyclic amines) is 1. The molecule has 6 heteroatoms. The maximum absolute atomic E-state index is 13.4. The lowest BCUT2D eigenvalue weighted by molar-refractivity contribution is -0.119. The van der Waals surface area contributed by atoms with Crippen molar-refractivity contribution in [2.45, 2.75) is 51.0 Å². The van der Waals surface area contributed by atoms with Crippen molar-refractivity contribution in [3.63, 3.8) is 0 Å². The van der Waals surface area contributed by atoms with Crippen molar-refractivity contribution in [1.29, 1.82) is 0 Å². The van der Waals surface area contributed by atoms with E-state index in [2.05, 4.69) is 15.2 Å². The largest absolute Gasteiger partial charge is 0.361 e. The van der Waals surface area contributed by atoms with E-state index in [0.29, 0.717) is 18.0 Å². The van der Waals surface area contributed by atoms with Gasteiger partial charge in [0.2, 0.25) is 5.91 Å². The Morgan fingerprint density at radius 2 is 1.74 bits per heavy atom. The Labute approximate surface area is 207 Å². The highest BCUT2D eigenvalue weighted by Gasteiger charge is 2.27. The standard InChI is InChI=1S/C29H36N4O2/c34-28(31-16-12-22-14-18-32(19-15-22)25-6-4-5-7-25)21-33(26-8-2-1-3-9-26)29(35)24-11-10-23-13-17-30-27(23)20-24/h1-3,8-11,13,17,20,22,25,30H,4-7,12,14-16,18-19,21H2,(H,31,34). The van der Waals surface area contributed by atoms with Gasteiger partial charge in [0.25, 0.3) is 5.91 Å². The Morgan fingerprint density at radius 3 is 2.51 bits per heavy atom. The molecule has 6 nitrogen and oxygen atoms in total. The number of aromatic amines is 1. The molecule has 2 aliphatic rings. The van der Waals surface area contributed by atoms with E-state index < -0.39 is 0 Å². The topological polar surface area (TPSA) is 68.4 Å². The third-order valence-corrected chi connectivity index (χ3v) is 7.78. The van der Waals surface area contributed by atoms with Crippen LogP contribution in [-0.2, 0) is 4.79 Å². The Morgan fingerprint density at radius 1 is 0.971 bits per heavy atom. The molecule has 2 N–H and O–H groups in total. The van der Waals surface area contributed by atoms with E-state index in [-0.39, 0.29) is 18.4 Å². The molecule has 1 aromatic heterocycles. The third-order valence-electron chi connectivity index (χ3n) is 7.78. The second-order valence-corrected chi connectivity index (χ2v) is 10.1. The summed E-state index contributed by atoms with van der Waals surface area (Å²) in [5, 5.41) is 4.13. The minimum Gasteiger partial charge on any atom is -0.361 e. The van der Waals surface area contributed by atoms with Gasteiger partial charge in [0.1, 0.15) is 6.54 Å². The summed E-state index contributed by atoms with van der Waals surface area (Å²) >= 11 is 0. The van der Waals surface area contributed by atoms with E-state index in [9.17, 15) is 9.59 Å². The number of H-pyrrole nitrogens is 1. The summed E-state index contributed by atoms with van der Waals surface area (Å²) in [5.74, 6) is 0.376. The number of nitrogens with one attached hydrogen (secondary N) is 2. The van der Waals surface area contributed by atoms with Crippen LogP contribution in [0.25, 0.3) is 10.9 Å². The molecule has 2 amide bonds. The number of rotatable bonds is 8. The molecule has 2 aromatic carbocycles. The lowest BCUT2D eigenvalue weighted by atomic mass is 9.92. The summed E-state index contributed by atoms with van der Waals surface area (Å²) in [4.78, 5) is 33.7. The summed E-state index contributed by atoms with van der Waals surface area (Å²) in [7, 11) is 0. The number of anilines is 1. The maximum Gasteiger partial charge on any atom is 0.258 e. The van der Waals surface area contributed by atoms with Gasteiger partial charge in [-0.25, -0.2) is 0 Å². The lowest BCUT2D eigenvalue weighted by Crippen LogP contribution is -2.42. The molecule has 1 aliphatic heterocycles. The fraction of sp³-hybridized carbons (Fsp3) is 0.448. The molecular formula is C29H36N4O2. The van der Waals surface area contributed by atoms with Gasteiger partial charge in [-0.2, -0.15) is 0 Å². The van der Waals surface area contributed by atoms with Crippen LogP contribution in [0.4, 0.5) is 5.69 Å². The number of carbonyl (C=O) groups is 2. The van der Waals surface area contributed by atoms with E-state index in [1.54, 1.807) is 4.90 Å². The zero-order chi connectivity index (χ0) is 24.0. The van der Waals surface area contributed by atoms with Crippen molar-refractivity contribution in [3.8, 4) is 0 Å². The van der Waals surface area contributed by atoms with Crippen molar-refractivity contribution >= 4 is 28.4 Å². The predicted molar refractivity (Wildman–Crippen MR) is 141 cm³/mol. The highest BCUT2D eigenvalue weighted by molar-refractivity contribution is 6.10. The number of amides is 2. The zero-order valence-electron chi connectivity index (χ0n) is 20.4. The molecule has 2 fully saturated rings. The van der Waals surface area contributed by atoms with E-state index in [1.165, 1.54) is 51.6 Å². The highest BCUT2D eigenvalue weighted by Crippen LogP contribution is 2.28. The summed E-state index contributed by atoms with van der Waals surface area (Å²) in [6.45, 7) is 3.07. The first-order valence-corrected chi connectivity index (χ1v) is 13.1. The van der Waals surface area contributed by atoms with Crippen LogP contribution in [0.2, 0.25) is 0 Å². The first-order valence-electron chi connectivity index (χ1n) is 13.1. The second-order valence-electron chi connectivity index (χ2n) is 10.1. The van der Waals surface area contributed by atoms with Crippen LogP contribution in [0.3, 0.4) is 0 Å². The monoisotopic (exact) mass is 472 g/mol. The molecule has 0 bridgehead atoms. The molecule has 184 valence electrons. The van der Waals surface area contributed by atoms with Gasteiger partial charge in [0.15, 0.2) is 0 Å². The average Bonchev–Trinajstić information content (AvgIpc) is 3.60. The van der Waals surface area contributed by atoms with Crippen molar-refractivity contribution in [1.82, 2.24) is 15.2 Å². The lowest BCUT2D eigenvalue weighted by Gasteiger charge is -2.36. The number of carbonyl (C=O) groups excluding carboxylic acids is 2. The fourth-order valence-electron chi connectivity index (χ4n) is 5.72. The Kier molecular flexibility index (Phi) is 7.48. The first kappa shape index (κ1) is 23.6. The molecule has 5 rings (SSSR count). The van der Waals surface area contributed by atoms with Crippen molar-refractivity contribution in [2.24, 2.45) is 5.92 Å². The number of para-hydroxylation sites is 1. The summed E-state index contributed by atoms with van der Waals surface area (Å²) in [5.41, 5.74) is 2.19. The number of hydrogen-bond acceptors (Lipinski definition) is 3. The number of piperidine rings is 1. The molecule has 0 atom stereocenters. The van der Waals surface area contributed by atoms with Crippen molar-refractivity contribution < 1.29 is 9.59 Å². The molecule has 35 heavy (non-hydrogen) atoms. The number of aromatic nitrogens is 1. The smallest absolute Gasteiger partial charge is 0.258 e. The molecule has 0 spiro atoms. The van der Waals surface area contributed by atoms with Crippen LogP contribution >= 0.6 is 0 Å². The van der Waals surface area contributed by atoms with Crippen LogP contribution in [-0.4, -0.2) is 53.9 Å². The summed E-state index contributed by atoms with van der Waals surface area (Å²) in [6.07, 6.45) is 10.8. The van der Waals surface area contributed by atoms with Crippen LogP contribution in [0.15, 0.2) is 60.8 Å². The van der Waals surface area contributed by atoms with Crippen molar-refractivity contribution in [3.05, 3.63) is 66.4 Å². The quantitative estimate of drug-likeness (QED) is 0.486. The van der Waals surface area contributed by atoms with Gasteiger partial charge in [-0.05, 0) is 86.8 Å². The molecule has 3 aromatic rings. The zero-order valence-corrected chi connectivity index (χ0v) is 20.4. The van der Waals surface area contributed by atoms with Crippen LogP contribution < -0.4 is 10.2 Å². The molecular weight excluding hydrogens is 436 g/mol. The normalized spacial score (nSPS) is 17.6. The number of hydrogen-bond donors (Lipinski definition) is 2. The van der Waals surface area contributed by atoms with E-state index in [0.717, 1.165) is 29.1 Å². The Bertz CT molecular complexity index is 1130. The van der Waals surface area contributed by atoms with Gasteiger partial charge in [-0.1, -0.05) is 37.1 Å². The minimum atomic E-state index is -0.179. The predicted octanol–water partition coefficient (Wildman–Crippen LogP) is 4.98. The fourth-order valence-corrected chi connectivity index (χ4v) is 5.72. The Hall–Kier alpha value is -3.12. The highest BCUT2D eigenvalue weighted by atomic mass is 16.2. The molecule has 1 aliphatic carbocycles. The van der Waals surface area contributed by atoms with Crippen LogP contribution in [0, 0.1) is 5.92 Å². The van der Waals surface area contributed by atoms with Crippen LogP contribution in [0.5, 0.6) is 0 Å². The molecule has 1 saturated heterocycles. The van der Waals surface area contributed by atoms with Gasteiger partial charge >= 0.3 is 0 Å². The van der Waals surface area contributed by atoms with Gasteiger partial charge < -0.3 is 15.2 Å². The molecule has 0 unspecified atom stereocenters. The van der Waals surface area contributed by atoms with E-state index in [1.807, 2.05) is 60.8 Å². The second kappa shape index (κ2) is 11.1. The van der Waals surface area contributed by atoms with Gasteiger partial charge in [0.05, 0.1) is 0 Å². The minimum absolute atomic E-state index is 0.00569. The number of fused-ring (bicyclic) bond motifs is 1. The van der Waals surface area contributed by atoms with Gasteiger partial charge in [-0.3, -0.25) is 14.5 Å². The summed E-state index contributed by atoms with van der Waals surface area (Å²) < 4.78 is 0. The number of benzene rings is 2.